The number of hydrogen-bond donors (Lipinski definition) is 1. The average molecular weight is 293 g/mol. The van der Waals surface area contributed by atoms with E-state index in [1.54, 1.807) is 0 Å². The second kappa shape index (κ2) is 4.97. The standard InChI is InChI=1S/C16H27N3O2/c1-10-9-18(4)8-7-13(10)19-11(2)14(20)17-16(3,15(19)21)12-5-6-12/h10-13H,5-9H2,1-4H3,(H,17,20). The highest BCUT2D eigenvalue weighted by molar-refractivity contribution is 6.00. The van der Waals surface area contributed by atoms with Gasteiger partial charge in [0.1, 0.15) is 11.6 Å². The van der Waals surface area contributed by atoms with Gasteiger partial charge < -0.3 is 15.1 Å². The lowest BCUT2D eigenvalue weighted by molar-refractivity contribution is -0.160. The van der Waals surface area contributed by atoms with Gasteiger partial charge in [-0.1, -0.05) is 6.92 Å². The zero-order valence-corrected chi connectivity index (χ0v) is 13.6. The first-order chi connectivity index (χ1) is 9.84. The number of rotatable bonds is 2. The number of nitrogens with zero attached hydrogens (tertiary/aromatic N) is 2. The number of amides is 2. The molecule has 5 nitrogen and oxygen atoms in total. The Hall–Kier alpha value is -1.10. The van der Waals surface area contributed by atoms with Crippen LogP contribution in [0.3, 0.4) is 0 Å². The maximum atomic E-state index is 13.1. The molecule has 1 aliphatic carbocycles. The van der Waals surface area contributed by atoms with Crippen molar-refractivity contribution in [2.45, 2.75) is 57.7 Å². The minimum Gasteiger partial charge on any atom is -0.340 e. The van der Waals surface area contributed by atoms with Crippen molar-refractivity contribution in [3.8, 4) is 0 Å². The molecule has 0 spiro atoms. The maximum absolute atomic E-state index is 13.1. The van der Waals surface area contributed by atoms with E-state index in [4.69, 9.17) is 0 Å². The van der Waals surface area contributed by atoms with Crippen molar-refractivity contribution in [3.63, 3.8) is 0 Å². The molecule has 5 heteroatoms. The van der Waals surface area contributed by atoms with Crippen LogP contribution in [0.25, 0.3) is 0 Å². The summed E-state index contributed by atoms with van der Waals surface area (Å²) in [5.41, 5.74) is -0.674. The summed E-state index contributed by atoms with van der Waals surface area (Å²) in [7, 11) is 2.12. The Labute approximate surface area is 127 Å². The SMILES string of the molecule is CC1CN(C)CCC1N1C(=O)C(C)(C2CC2)NC(=O)C1C. The van der Waals surface area contributed by atoms with Crippen molar-refractivity contribution < 1.29 is 9.59 Å². The van der Waals surface area contributed by atoms with Crippen LogP contribution < -0.4 is 5.32 Å². The first kappa shape index (κ1) is 14.8. The zero-order chi connectivity index (χ0) is 15.4. The fraction of sp³-hybridized carbons (Fsp3) is 0.875. The monoisotopic (exact) mass is 293 g/mol. The summed E-state index contributed by atoms with van der Waals surface area (Å²) in [4.78, 5) is 29.7. The minimum atomic E-state index is -0.674. The summed E-state index contributed by atoms with van der Waals surface area (Å²) in [5.74, 6) is 0.878. The van der Waals surface area contributed by atoms with Crippen LogP contribution in [0, 0.1) is 11.8 Å². The lowest BCUT2D eigenvalue weighted by Gasteiger charge is -2.50. The number of piperazine rings is 1. The van der Waals surface area contributed by atoms with E-state index in [1.165, 1.54) is 0 Å². The van der Waals surface area contributed by atoms with Crippen molar-refractivity contribution in [3.05, 3.63) is 0 Å². The molecule has 0 radical (unpaired) electrons. The number of nitrogens with one attached hydrogen (secondary N) is 1. The van der Waals surface area contributed by atoms with E-state index in [0.29, 0.717) is 11.8 Å². The first-order valence-corrected chi connectivity index (χ1v) is 8.18. The molecular weight excluding hydrogens is 266 g/mol. The fourth-order valence-electron chi connectivity index (χ4n) is 4.11. The highest BCUT2D eigenvalue weighted by Crippen LogP contribution is 2.43. The molecule has 2 saturated heterocycles. The molecule has 0 aromatic carbocycles. The predicted octanol–water partition coefficient (Wildman–Crippen LogP) is 0.842. The van der Waals surface area contributed by atoms with Gasteiger partial charge in [0, 0.05) is 12.6 Å². The Morgan fingerprint density at radius 2 is 1.86 bits per heavy atom. The van der Waals surface area contributed by atoms with E-state index in [1.807, 2.05) is 18.7 Å². The lowest BCUT2D eigenvalue weighted by Crippen LogP contribution is -2.72. The van der Waals surface area contributed by atoms with Gasteiger partial charge >= 0.3 is 0 Å². The van der Waals surface area contributed by atoms with Gasteiger partial charge in [0.15, 0.2) is 0 Å². The molecule has 0 aromatic heterocycles. The van der Waals surface area contributed by atoms with E-state index in [2.05, 4.69) is 24.2 Å². The van der Waals surface area contributed by atoms with E-state index < -0.39 is 5.54 Å². The molecule has 2 aliphatic heterocycles. The average Bonchev–Trinajstić information content (AvgIpc) is 3.24. The van der Waals surface area contributed by atoms with Crippen LogP contribution >= 0.6 is 0 Å². The fourth-order valence-corrected chi connectivity index (χ4v) is 4.11. The largest absolute Gasteiger partial charge is 0.340 e. The van der Waals surface area contributed by atoms with Gasteiger partial charge in [0.2, 0.25) is 11.8 Å². The Kier molecular flexibility index (Phi) is 3.51. The van der Waals surface area contributed by atoms with Crippen LogP contribution in [0.4, 0.5) is 0 Å². The molecule has 1 saturated carbocycles. The molecular formula is C16H27N3O2. The summed E-state index contributed by atoms with van der Waals surface area (Å²) in [6.07, 6.45) is 3.06. The highest BCUT2D eigenvalue weighted by atomic mass is 16.2. The lowest BCUT2D eigenvalue weighted by atomic mass is 9.84. The second-order valence-corrected chi connectivity index (χ2v) is 7.45. The van der Waals surface area contributed by atoms with Crippen LogP contribution in [-0.4, -0.2) is 59.4 Å². The normalized spacial score (nSPS) is 42.1. The Balaban J connectivity index is 1.87. The molecule has 0 aromatic rings. The summed E-state index contributed by atoms with van der Waals surface area (Å²) >= 11 is 0. The molecule has 3 rings (SSSR count). The molecule has 3 fully saturated rings. The summed E-state index contributed by atoms with van der Waals surface area (Å²) < 4.78 is 0. The Morgan fingerprint density at radius 3 is 2.43 bits per heavy atom. The number of likely N-dealkylation sites (tertiary alicyclic amines) is 1. The van der Waals surface area contributed by atoms with Crippen molar-refractivity contribution in [1.29, 1.82) is 0 Å². The zero-order valence-electron chi connectivity index (χ0n) is 13.6. The molecule has 4 atom stereocenters. The summed E-state index contributed by atoms with van der Waals surface area (Å²) in [5, 5.41) is 3.01. The second-order valence-electron chi connectivity index (χ2n) is 7.45. The van der Waals surface area contributed by atoms with Gasteiger partial charge in [-0.2, -0.15) is 0 Å². The van der Waals surface area contributed by atoms with Crippen LogP contribution in [-0.2, 0) is 9.59 Å². The number of carbonyl (C=O) groups is 2. The molecule has 1 N–H and O–H groups in total. The van der Waals surface area contributed by atoms with Crippen LogP contribution in [0.15, 0.2) is 0 Å². The van der Waals surface area contributed by atoms with Crippen molar-refractivity contribution in [1.82, 2.24) is 15.1 Å². The molecule has 21 heavy (non-hydrogen) atoms. The Bertz CT molecular complexity index is 462. The molecule has 3 aliphatic rings. The molecule has 0 bridgehead atoms. The first-order valence-electron chi connectivity index (χ1n) is 8.18. The van der Waals surface area contributed by atoms with Crippen molar-refractivity contribution in [2.75, 3.05) is 20.1 Å². The molecule has 2 amide bonds. The third-order valence-electron chi connectivity index (χ3n) is 5.67. The maximum Gasteiger partial charge on any atom is 0.249 e. The van der Waals surface area contributed by atoms with Crippen LogP contribution in [0.5, 0.6) is 0 Å². The summed E-state index contributed by atoms with van der Waals surface area (Å²) in [6.45, 7) is 7.96. The van der Waals surface area contributed by atoms with Gasteiger partial charge in [-0.3, -0.25) is 9.59 Å². The number of carbonyl (C=O) groups excluding carboxylic acids is 2. The third-order valence-corrected chi connectivity index (χ3v) is 5.67. The quantitative estimate of drug-likeness (QED) is 0.821. The topological polar surface area (TPSA) is 52.6 Å². The van der Waals surface area contributed by atoms with Gasteiger partial charge in [-0.15, -0.1) is 0 Å². The Morgan fingerprint density at radius 1 is 1.19 bits per heavy atom. The molecule has 2 heterocycles. The number of piperidine rings is 1. The van der Waals surface area contributed by atoms with Crippen molar-refractivity contribution >= 4 is 11.8 Å². The van der Waals surface area contributed by atoms with Gasteiger partial charge in [0.25, 0.3) is 0 Å². The van der Waals surface area contributed by atoms with Crippen LogP contribution in [0.2, 0.25) is 0 Å². The number of hydrogen-bond acceptors (Lipinski definition) is 3. The van der Waals surface area contributed by atoms with E-state index >= 15 is 0 Å². The van der Waals surface area contributed by atoms with Crippen LogP contribution in [0.1, 0.15) is 40.0 Å². The highest BCUT2D eigenvalue weighted by Gasteiger charge is 2.56. The van der Waals surface area contributed by atoms with Gasteiger partial charge in [-0.25, -0.2) is 0 Å². The van der Waals surface area contributed by atoms with Gasteiger partial charge in [0.05, 0.1) is 0 Å². The van der Waals surface area contributed by atoms with Crippen molar-refractivity contribution in [2.24, 2.45) is 11.8 Å². The predicted molar refractivity (Wildman–Crippen MR) is 80.6 cm³/mol. The third kappa shape index (κ3) is 2.35. The minimum absolute atomic E-state index is 0.00938. The molecule has 4 unspecified atom stereocenters. The molecule has 118 valence electrons. The summed E-state index contributed by atoms with van der Waals surface area (Å²) in [6, 6.07) is -0.159. The van der Waals surface area contributed by atoms with E-state index in [9.17, 15) is 9.59 Å². The van der Waals surface area contributed by atoms with E-state index in [-0.39, 0.29) is 23.9 Å². The van der Waals surface area contributed by atoms with E-state index in [0.717, 1.165) is 32.4 Å². The smallest absolute Gasteiger partial charge is 0.249 e. The van der Waals surface area contributed by atoms with Gasteiger partial charge in [-0.05, 0) is 58.5 Å².